The van der Waals surface area contributed by atoms with E-state index in [1.165, 1.54) is 0 Å². The Labute approximate surface area is 136 Å². The zero-order valence-electron chi connectivity index (χ0n) is 13.2. The first-order valence-electron chi connectivity index (χ1n) is 8.09. The Hall–Kier alpha value is -1.76. The van der Waals surface area contributed by atoms with Crippen molar-refractivity contribution < 1.29 is 17.9 Å². The van der Waals surface area contributed by atoms with Crippen molar-refractivity contribution in [3.63, 3.8) is 0 Å². The summed E-state index contributed by atoms with van der Waals surface area (Å²) in [6, 6.07) is 3.77. The third-order valence-electron chi connectivity index (χ3n) is 4.27. The van der Waals surface area contributed by atoms with Gasteiger partial charge in [0.1, 0.15) is 5.25 Å². The number of allylic oxidation sites excluding steroid dienone is 1. The van der Waals surface area contributed by atoms with Gasteiger partial charge in [-0.1, -0.05) is 6.08 Å². The van der Waals surface area contributed by atoms with Crippen molar-refractivity contribution in [1.82, 2.24) is 4.68 Å². The Bertz CT molecular complexity index is 716. The summed E-state index contributed by atoms with van der Waals surface area (Å²) in [6.45, 7) is 1.95. The molecule has 0 radical (unpaired) electrons. The topological polar surface area (TPSA) is 77.4 Å². The Balaban J connectivity index is 1.82. The van der Waals surface area contributed by atoms with E-state index in [-0.39, 0.29) is 12.2 Å². The van der Waals surface area contributed by atoms with Crippen LogP contribution in [0.4, 0.5) is 0 Å². The largest absolute Gasteiger partial charge is 0.463 e. The fraction of sp³-hybridized carbons (Fsp3) is 0.562. The average Bonchev–Trinajstić information content (AvgIpc) is 3.28. The summed E-state index contributed by atoms with van der Waals surface area (Å²) >= 11 is 0. The molecule has 1 N–H and O–H groups in total. The molecular weight excluding hydrogens is 316 g/mol. The van der Waals surface area contributed by atoms with Crippen LogP contribution in [-0.2, 0) is 19.6 Å². The van der Waals surface area contributed by atoms with E-state index in [0.29, 0.717) is 18.8 Å². The molecule has 1 heterocycles. The predicted octanol–water partition coefficient (Wildman–Crippen LogP) is 2.28. The van der Waals surface area contributed by atoms with Gasteiger partial charge in [-0.15, -0.1) is 0 Å². The Morgan fingerprint density at radius 1 is 1.39 bits per heavy atom. The number of hydrogen-bond acceptors (Lipinski definition) is 4. The maximum atomic E-state index is 12.8. The molecule has 1 aromatic rings. The summed E-state index contributed by atoms with van der Waals surface area (Å²) in [5.41, 5.74) is 1.23. The quantitative estimate of drug-likeness (QED) is 0.807. The molecule has 0 aromatic carbocycles. The second kappa shape index (κ2) is 6.39. The molecule has 1 saturated carbocycles. The van der Waals surface area contributed by atoms with Crippen LogP contribution in [0.15, 0.2) is 30.0 Å². The number of esters is 1. The molecule has 2 aliphatic carbocycles. The zero-order chi connectivity index (χ0) is 16.4. The zero-order valence-corrected chi connectivity index (χ0v) is 14.0. The van der Waals surface area contributed by atoms with Gasteiger partial charge >= 0.3 is 5.97 Å². The fourth-order valence-electron chi connectivity index (χ4n) is 2.99. The molecule has 1 aromatic heterocycles. The first kappa shape index (κ1) is 16.1. The molecule has 0 spiro atoms. The minimum absolute atomic E-state index is 0.236. The van der Waals surface area contributed by atoms with Gasteiger partial charge in [0.05, 0.1) is 12.2 Å². The van der Waals surface area contributed by atoms with Crippen molar-refractivity contribution in [1.29, 1.82) is 0 Å². The van der Waals surface area contributed by atoms with E-state index in [0.717, 1.165) is 25.0 Å². The van der Waals surface area contributed by atoms with E-state index >= 15 is 0 Å². The number of sulfonamides is 1. The van der Waals surface area contributed by atoms with Crippen molar-refractivity contribution in [3.8, 4) is 0 Å². The maximum Gasteiger partial charge on any atom is 0.335 e. The van der Waals surface area contributed by atoms with E-state index in [2.05, 4.69) is 4.83 Å². The van der Waals surface area contributed by atoms with Gasteiger partial charge in [0.2, 0.25) is 0 Å². The van der Waals surface area contributed by atoms with Crippen LogP contribution >= 0.6 is 0 Å². The summed E-state index contributed by atoms with van der Waals surface area (Å²) in [5.74, 6) is -0.100. The highest BCUT2D eigenvalue weighted by molar-refractivity contribution is 7.93. The molecule has 1 unspecified atom stereocenters. The number of ether oxygens (including phenoxy) is 1. The summed E-state index contributed by atoms with van der Waals surface area (Å²) in [4.78, 5) is 14.7. The lowest BCUT2D eigenvalue weighted by molar-refractivity contribution is -0.138. The lowest BCUT2D eigenvalue weighted by Gasteiger charge is -2.24. The normalized spacial score (nSPS) is 21.6. The summed E-state index contributed by atoms with van der Waals surface area (Å²) in [7, 11) is -3.70. The molecule has 6 nitrogen and oxygen atoms in total. The molecule has 1 atom stereocenters. The third-order valence-corrected chi connectivity index (χ3v) is 5.96. The van der Waals surface area contributed by atoms with E-state index in [1.807, 2.05) is 12.1 Å². The smallest absolute Gasteiger partial charge is 0.335 e. The number of aromatic nitrogens is 1. The van der Waals surface area contributed by atoms with Gasteiger partial charge in [-0.25, -0.2) is 18.0 Å². The number of carbonyl (C=O) groups is 1. The van der Waals surface area contributed by atoms with Crippen LogP contribution < -0.4 is 4.83 Å². The van der Waals surface area contributed by atoms with Crippen molar-refractivity contribution in [2.75, 3.05) is 11.4 Å². The van der Waals surface area contributed by atoms with Gasteiger partial charge in [0.15, 0.2) is 0 Å². The second-order valence-corrected chi connectivity index (χ2v) is 7.85. The van der Waals surface area contributed by atoms with Crippen LogP contribution in [0.25, 0.3) is 0 Å². The molecule has 3 rings (SSSR count). The predicted molar refractivity (Wildman–Crippen MR) is 87.0 cm³/mol. The SMILES string of the molecule is CCOC(=O)C1=CCCCC1S(=O)(=O)Nn1cccc1C1CC1. The van der Waals surface area contributed by atoms with Crippen molar-refractivity contribution in [2.45, 2.75) is 50.2 Å². The number of hydrogen-bond donors (Lipinski definition) is 1. The molecule has 0 aliphatic heterocycles. The van der Waals surface area contributed by atoms with Gasteiger partial charge in [0, 0.05) is 17.8 Å². The van der Waals surface area contributed by atoms with Crippen LogP contribution in [0.2, 0.25) is 0 Å². The van der Waals surface area contributed by atoms with Crippen molar-refractivity contribution >= 4 is 16.0 Å². The van der Waals surface area contributed by atoms with Gasteiger partial charge in [-0.2, -0.15) is 0 Å². The molecule has 0 amide bonds. The van der Waals surface area contributed by atoms with Crippen LogP contribution in [0, 0.1) is 0 Å². The monoisotopic (exact) mass is 338 g/mol. The van der Waals surface area contributed by atoms with E-state index in [1.54, 1.807) is 23.9 Å². The van der Waals surface area contributed by atoms with E-state index in [4.69, 9.17) is 4.74 Å². The molecule has 7 heteroatoms. The summed E-state index contributed by atoms with van der Waals surface area (Å²) in [6.07, 6.45) is 7.46. The van der Waals surface area contributed by atoms with Gasteiger partial charge in [0.25, 0.3) is 10.0 Å². The van der Waals surface area contributed by atoms with E-state index < -0.39 is 21.2 Å². The second-order valence-electron chi connectivity index (χ2n) is 6.01. The number of carbonyl (C=O) groups excluding carboxylic acids is 1. The number of nitrogens with zero attached hydrogens (tertiary/aromatic N) is 1. The highest BCUT2D eigenvalue weighted by Gasteiger charge is 2.36. The van der Waals surface area contributed by atoms with Gasteiger partial charge in [-0.05, 0) is 51.2 Å². The van der Waals surface area contributed by atoms with Crippen LogP contribution in [-0.4, -0.2) is 30.9 Å². The minimum atomic E-state index is -3.70. The fourth-order valence-corrected chi connectivity index (χ4v) is 4.56. The lowest BCUT2D eigenvalue weighted by Crippen LogP contribution is -2.38. The average molecular weight is 338 g/mol. The first-order chi connectivity index (χ1) is 11.0. The first-order valence-corrected chi connectivity index (χ1v) is 9.63. The third kappa shape index (κ3) is 3.44. The summed E-state index contributed by atoms with van der Waals surface area (Å²) < 4.78 is 32.2. The molecule has 126 valence electrons. The minimum Gasteiger partial charge on any atom is -0.463 e. The molecule has 1 fully saturated rings. The lowest BCUT2D eigenvalue weighted by atomic mass is 9.99. The Morgan fingerprint density at radius 3 is 2.87 bits per heavy atom. The van der Waals surface area contributed by atoms with Gasteiger partial charge < -0.3 is 4.74 Å². The molecule has 23 heavy (non-hydrogen) atoms. The van der Waals surface area contributed by atoms with Crippen LogP contribution in [0.5, 0.6) is 0 Å². The molecule has 0 saturated heterocycles. The Kier molecular flexibility index (Phi) is 4.48. The summed E-state index contributed by atoms with van der Waals surface area (Å²) in [5, 5.41) is -0.857. The van der Waals surface area contributed by atoms with Crippen molar-refractivity contribution in [3.05, 3.63) is 35.7 Å². The van der Waals surface area contributed by atoms with E-state index in [9.17, 15) is 13.2 Å². The number of rotatable bonds is 6. The Morgan fingerprint density at radius 2 is 2.17 bits per heavy atom. The highest BCUT2D eigenvalue weighted by atomic mass is 32.2. The number of nitrogens with one attached hydrogen (secondary N) is 1. The van der Waals surface area contributed by atoms with Crippen molar-refractivity contribution in [2.24, 2.45) is 0 Å². The maximum absolute atomic E-state index is 12.8. The van der Waals surface area contributed by atoms with Crippen LogP contribution in [0.3, 0.4) is 0 Å². The standard InChI is InChI=1S/C16H22N2O4S/c1-2-22-16(19)13-6-3-4-8-15(13)23(20,21)17-18-11-5-7-14(18)12-9-10-12/h5-7,11-12,15,17H,2-4,8-10H2,1H3. The van der Waals surface area contributed by atoms with Crippen LogP contribution in [0.1, 0.15) is 50.6 Å². The molecular formula is C16H22N2O4S. The highest BCUT2D eigenvalue weighted by Crippen LogP contribution is 2.40. The molecule has 0 bridgehead atoms. The molecule has 2 aliphatic rings. The van der Waals surface area contributed by atoms with Gasteiger partial charge in [-0.3, -0.25) is 4.68 Å².